The lowest BCUT2D eigenvalue weighted by Crippen LogP contribution is -2.49. The van der Waals surface area contributed by atoms with E-state index in [9.17, 15) is 0 Å². The summed E-state index contributed by atoms with van der Waals surface area (Å²) in [5, 5.41) is 0.821. The molecule has 2 nitrogen and oxygen atoms in total. The topological polar surface area (TPSA) is 6.48 Å². The summed E-state index contributed by atoms with van der Waals surface area (Å²) in [5.41, 5.74) is 2.69. The molecule has 1 heterocycles. The van der Waals surface area contributed by atoms with Crippen LogP contribution < -0.4 is 4.90 Å². The van der Waals surface area contributed by atoms with Gasteiger partial charge in [-0.25, -0.2) is 0 Å². The van der Waals surface area contributed by atoms with E-state index < -0.39 is 0 Å². The fourth-order valence-electron chi connectivity index (χ4n) is 3.30. The summed E-state index contributed by atoms with van der Waals surface area (Å²) in [6, 6.07) is 19.6. The fourth-order valence-corrected chi connectivity index (χ4v) is 3.48. The van der Waals surface area contributed by atoms with Gasteiger partial charge < -0.3 is 4.90 Å². The highest BCUT2D eigenvalue weighted by atomic mass is 35.5. The zero-order valence-electron chi connectivity index (χ0n) is 13.8. The number of piperazine rings is 1. The van der Waals surface area contributed by atoms with Crippen LogP contribution in [0, 0.1) is 0 Å². The minimum Gasteiger partial charge on any atom is -0.369 e. The van der Waals surface area contributed by atoms with Gasteiger partial charge in [0.1, 0.15) is 0 Å². The molecule has 3 rings (SSSR count). The summed E-state index contributed by atoms with van der Waals surface area (Å²) in [5.74, 6) is 0. The van der Waals surface area contributed by atoms with E-state index in [4.69, 9.17) is 11.6 Å². The molecule has 1 aliphatic rings. The van der Waals surface area contributed by atoms with E-state index >= 15 is 0 Å². The highest BCUT2D eigenvalue weighted by Gasteiger charge is 2.21. The number of rotatable bonds is 5. The SMILES string of the molecule is C[C@H](CCc1ccccc1)N1CCN(c2cccc(Cl)c2)CC1. The van der Waals surface area contributed by atoms with Gasteiger partial charge in [-0.05, 0) is 43.5 Å². The molecule has 0 unspecified atom stereocenters. The van der Waals surface area contributed by atoms with Crippen molar-refractivity contribution >= 4 is 17.3 Å². The second-order valence-electron chi connectivity index (χ2n) is 6.38. The molecule has 2 aromatic carbocycles. The fraction of sp³-hybridized carbons (Fsp3) is 0.400. The number of halogens is 1. The minimum absolute atomic E-state index is 0.636. The largest absolute Gasteiger partial charge is 0.369 e. The average Bonchev–Trinajstić information content (AvgIpc) is 2.61. The number of hydrogen-bond acceptors (Lipinski definition) is 2. The molecule has 1 aliphatic heterocycles. The van der Waals surface area contributed by atoms with E-state index in [2.05, 4.69) is 59.2 Å². The second-order valence-corrected chi connectivity index (χ2v) is 6.81. The molecule has 0 spiro atoms. The van der Waals surface area contributed by atoms with Gasteiger partial charge in [-0.1, -0.05) is 48.0 Å². The minimum atomic E-state index is 0.636. The predicted molar refractivity (Wildman–Crippen MR) is 99.5 cm³/mol. The van der Waals surface area contributed by atoms with E-state index in [1.165, 1.54) is 17.7 Å². The molecule has 1 atom stereocenters. The van der Waals surface area contributed by atoms with Crippen LogP contribution in [0.3, 0.4) is 0 Å². The van der Waals surface area contributed by atoms with Gasteiger partial charge in [0.05, 0.1) is 0 Å². The van der Waals surface area contributed by atoms with Crippen LogP contribution in [0.15, 0.2) is 54.6 Å². The molecule has 3 heteroatoms. The zero-order chi connectivity index (χ0) is 16.1. The van der Waals surface area contributed by atoms with Gasteiger partial charge in [-0.2, -0.15) is 0 Å². The number of anilines is 1. The van der Waals surface area contributed by atoms with Crippen LogP contribution in [0.1, 0.15) is 18.9 Å². The Hall–Kier alpha value is -1.51. The van der Waals surface area contributed by atoms with E-state index in [-0.39, 0.29) is 0 Å². The molecule has 1 saturated heterocycles. The van der Waals surface area contributed by atoms with Gasteiger partial charge in [0.2, 0.25) is 0 Å². The smallest absolute Gasteiger partial charge is 0.0426 e. The summed E-state index contributed by atoms with van der Waals surface area (Å²) in [7, 11) is 0. The normalized spacial score (nSPS) is 17.2. The van der Waals surface area contributed by atoms with Crippen molar-refractivity contribution < 1.29 is 0 Å². The summed E-state index contributed by atoms with van der Waals surface area (Å²) in [6.07, 6.45) is 2.39. The van der Waals surface area contributed by atoms with Crippen molar-refractivity contribution in [2.75, 3.05) is 31.1 Å². The Morgan fingerprint density at radius 3 is 2.39 bits per heavy atom. The predicted octanol–water partition coefficient (Wildman–Crippen LogP) is 4.48. The number of nitrogens with zero attached hydrogens (tertiary/aromatic N) is 2. The quantitative estimate of drug-likeness (QED) is 0.798. The molecule has 0 aliphatic carbocycles. The molecule has 1 fully saturated rings. The van der Waals surface area contributed by atoms with Crippen LogP contribution >= 0.6 is 11.6 Å². The summed E-state index contributed by atoms with van der Waals surface area (Å²) < 4.78 is 0. The van der Waals surface area contributed by atoms with E-state index in [1.807, 2.05) is 12.1 Å². The lowest BCUT2D eigenvalue weighted by Gasteiger charge is -2.39. The second kappa shape index (κ2) is 7.85. The molecule has 122 valence electrons. The third-order valence-electron chi connectivity index (χ3n) is 4.80. The maximum Gasteiger partial charge on any atom is 0.0426 e. The lowest BCUT2D eigenvalue weighted by atomic mass is 10.0. The van der Waals surface area contributed by atoms with Crippen molar-refractivity contribution in [2.45, 2.75) is 25.8 Å². The third-order valence-corrected chi connectivity index (χ3v) is 5.04. The molecule has 23 heavy (non-hydrogen) atoms. The highest BCUT2D eigenvalue weighted by molar-refractivity contribution is 6.30. The Morgan fingerprint density at radius 1 is 0.957 bits per heavy atom. The molecular formula is C20H25ClN2. The molecule has 2 aromatic rings. The third kappa shape index (κ3) is 4.49. The summed E-state index contributed by atoms with van der Waals surface area (Å²) in [4.78, 5) is 5.05. The molecule has 0 saturated carbocycles. The average molecular weight is 329 g/mol. The van der Waals surface area contributed by atoms with Crippen LogP contribution in [0.4, 0.5) is 5.69 Å². The Bertz CT molecular complexity index is 606. The first-order valence-corrected chi connectivity index (χ1v) is 8.88. The Balaban J connectivity index is 1.48. The molecule has 0 aromatic heterocycles. The van der Waals surface area contributed by atoms with Crippen LogP contribution in [0.2, 0.25) is 5.02 Å². The maximum atomic E-state index is 6.11. The maximum absolute atomic E-state index is 6.11. The lowest BCUT2D eigenvalue weighted by molar-refractivity contribution is 0.189. The first-order chi connectivity index (χ1) is 11.2. The van der Waals surface area contributed by atoms with Crippen LogP contribution in [0.5, 0.6) is 0 Å². The first-order valence-electron chi connectivity index (χ1n) is 8.51. The Kier molecular flexibility index (Phi) is 5.58. The first kappa shape index (κ1) is 16.4. The van der Waals surface area contributed by atoms with Gasteiger partial charge in [-0.3, -0.25) is 4.90 Å². The van der Waals surface area contributed by atoms with Crippen molar-refractivity contribution in [1.29, 1.82) is 0 Å². The van der Waals surface area contributed by atoms with Crippen molar-refractivity contribution in [3.63, 3.8) is 0 Å². The zero-order valence-corrected chi connectivity index (χ0v) is 14.5. The standard InChI is InChI=1S/C20H25ClN2/c1-17(10-11-18-6-3-2-4-7-18)22-12-14-23(15-13-22)20-9-5-8-19(21)16-20/h2-9,16-17H,10-15H2,1H3/t17-/m1/s1. The number of hydrogen-bond donors (Lipinski definition) is 0. The van der Waals surface area contributed by atoms with Crippen molar-refractivity contribution in [2.24, 2.45) is 0 Å². The highest BCUT2D eigenvalue weighted by Crippen LogP contribution is 2.21. The summed E-state index contributed by atoms with van der Waals surface area (Å²) >= 11 is 6.11. The van der Waals surface area contributed by atoms with Crippen LogP contribution in [0.25, 0.3) is 0 Å². The molecule has 0 bridgehead atoms. The molecular weight excluding hydrogens is 304 g/mol. The van der Waals surface area contributed by atoms with Gasteiger partial charge in [0, 0.05) is 42.9 Å². The van der Waals surface area contributed by atoms with Gasteiger partial charge in [-0.15, -0.1) is 0 Å². The Morgan fingerprint density at radius 2 is 1.70 bits per heavy atom. The number of benzene rings is 2. The van der Waals surface area contributed by atoms with Crippen LogP contribution in [-0.4, -0.2) is 37.1 Å². The number of aryl methyl sites for hydroxylation is 1. The van der Waals surface area contributed by atoms with Gasteiger partial charge in [0.25, 0.3) is 0 Å². The van der Waals surface area contributed by atoms with Gasteiger partial charge >= 0.3 is 0 Å². The monoisotopic (exact) mass is 328 g/mol. The van der Waals surface area contributed by atoms with Crippen LogP contribution in [-0.2, 0) is 6.42 Å². The Labute approximate surface area is 144 Å². The van der Waals surface area contributed by atoms with E-state index in [0.29, 0.717) is 6.04 Å². The van der Waals surface area contributed by atoms with Crippen molar-refractivity contribution in [3.05, 3.63) is 65.2 Å². The van der Waals surface area contributed by atoms with Crippen molar-refractivity contribution in [1.82, 2.24) is 4.90 Å². The van der Waals surface area contributed by atoms with E-state index in [1.54, 1.807) is 0 Å². The van der Waals surface area contributed by atoms with Crippen molar-refractivity contribution in [3.8, 4) is 0 Å². The molecule has 0 N–H and O–H groups in total. The molecule has 0 amide bonds. The molecule has 0 radical (unpaired) electrons. The van der Waals surface area contributed by atoms with Gasteiger partial charge in [0.15, 0.2) is 0 Å². The van der Waals surface area contributed by atoms with E-state index in [0.717, 1.165) is 37.6 Å². The summed E-state index contributed by atoms with van der Waals surface area (Å²) in [6.45, 7) is 6.77.